The van der Waals surface area contributed by atoms with Crippen LogP contribution in [0.5, 0.6) is 0 Å². The molecule has 1 N–H and O–H groups in total. The maximum absolute atomic E-state index is 8.64. The van der Waals surface area contributed by atoms with Crippen LogP contribution in [0.25, 0.3) is 0 Å². The molecule has 0 aromatic carbocycles. The third kappa shape index (κ3) is 3.85. The molecule has 0 unspecified atom stereocenters. The largest absolute Gasteiger partial charge is 0.384 e. The lowest BCUT2D eigenvalue weighted by atomic mass is 9.99. The molecular formula is C14H19NOS. The van der Waals surface area contributed by atoms with Gasteiger partial charge in [0.25, 0.3) is 0 Å². The fraction of sp³-hybridized carbons (Fsp3) is 0.571. The van der Waals surface area contributed by atoms with Gasteiger partial charge < -0.3 is 5.11 Å². The van der Waals surface area contributed by atoms with Crippen LogP contribution in [-0.4, -0.2) is 29.7 Å². The molecule has 0 radical (unpaired) electrons. The summed E-state index contributed by atoms with van der Waals surface area (Å²) >= 11 is 1.77. The van der Waals surface area contributed by atoms with Crippen molar-refractivity contribution in [2.45, 2.75) is 26.3 Å². The minimum Gasteiger partial charge on any atom is -0.384 e. The maximum Gasteiger partial charge on any atom is 0.104 e. The first-order valence-electron chi connectivity index (χ1n) is 6.17. The van der Waals surface area contributed by atoms with Crippen molar-refractivity contribution in [3.63, 3.8) is 0 Å². The highest BCUT2D eigenvalue weighted by Gasteiger charge is 2.16. The number of nitrogens with zero attached hydrogens (tertiary/aromatic N) is 1. The average molecular weight is 249 g/mol. The minimum atomic E-state index is -0.0603. The van der Waals surface area contributed by atoms with E-state index in [4.69, 9.17) is 5.11 Å². The fourth-order valence-electron chi connectivity index (χ4n) is 2.11. The van der Waals surface area contributed by atoms with Crippen molar-refractivity contribution in [1.82, 2.24) is 4.90 Å². The van der Waals surface area contributed by atoms with Crippen molar-refractivity contribution < 1.29 is 5.11 Å². The molecule has 1 aromatic heterocycles. The lowest BCUT2D eigenvalue weighted by Crippen LogP contribution is -2.32. The van der Waals surface area contributed by atoms with Gasteiger partial charge in [-0.3, -0.25) is 4.90 Å². The number of likely N-dealkylation sites (tertiary alicyclic amines) is 1. The number of rotatable bonds is 2. The molecule has 0 saturated carbocycles. The molecule has 1 fully saturated rings. The van der Waals surface area contributed by atoms with Crippen LogP contribution >= 0.6 is 11.3 Å². The number of hydrogen-bond acceptors (Lipinski definition) is 3. The first kappa shape index (κ1) is 12.6. The first-order chi connectivity index (χ1) is 8.28. The van der Waals surface area contributed by atoms with E-state index in [1.165, 1.54) is 30.8 Å². The van der Waals surface area contributed by atoms with Crippen LogP contribution in [0, 0.1) is 17.8 Å². The van der Waals surface area contributed by atoms with Crippen molar-refractivity contribution in [3.05, 3.63) is 21.9 Å². The second kappa shape index (κ2) is 6.20. The molecule has 2 heterocycles. The van der Waals surface area contributed by atoms with E-state index in [-0.39, 0.29) is 6.61 Å². The Labute approximate surface area is 107 Å². The van der Waals surface area contributed by atoms with Crippen molar-refractivity contribution in [2.75, 3.05) is 19.7 Å². The van der Waals surface area contributed by atoms with Gasteiger partial charge in [0.05, 0.1) is 0 Å². The van der Waals surface area contributed by atoms with E-state index in [1.54, 1.807) is 11.3 Å². The summed E-state index contributed by atoms with van der Waals surface area (Å²) in [5.41, 5.74) is 1.03. The molecule has 1 saturated heterocycles. The summed E-state index contributed by atoms with van der Waals surface area (Å²) in [6.45, 7) is 5.77. The Morgan fingerprint density at radius 2 is 2.24 bits per heavy atom. The van der Waals surface area contributed by atoms with Gasteiger partial charge in [0.2, 0.25) is 0 Å². The van der Waals surface area contributed by atoms with E-state index < -0.39 is 0 Å². The normalized spacial score (nSPS) is 17.8. The van der Waals surface area contributed by atoms with Crippen molar-refractivity contribution in [1.29, 1.82) is 0 Å². The Morgan fingerprint density at radius 1 is 1.47 bits per heavy atom. The van der Waals surface area contributed by atoms with Gasteiger partial charge in [-0.15, -0.1) is 11.3 Å². The van der Waals surface area contributed by atoms with Gasteiger partial charge in [-0.2, -0.15) is 0 Å². The van der Waals surface area contributed by atoms with E-state index in [2.05, 4.69) is 35.1 Å². The van der Waals surface area contributed by atoms with Gasteiger partial charge in [0, 0.05) is 22.4 Å². The van der Waals surface area contributed by atoms with E-state index in [0.717, 1.165) is 18.0 Å². The number of hydrogen-bond donors (Lipinski definition) is 1. The number of aliphatic hydroxyl groups is 1. The molecule has 1 aromatic rings. The highest BCUT2D eigenvalue weighted by Crippen LogP contribution is 2.21. The molecule has 3 heteroatoms. The van der Waals surface area contributed by atoms with E-state index in [0.29, 0.717) is 0 Å². The SMILES string of the molecule is CC1CCN(Cc2cc(C#CCO)cs2)CC1. The van der Waals surface area contributed by atoms with Crippen molar-refractivity contribution >= 4 is 11.3 Å². The molecule has 1 aliphatic rings. The zero-order valence-electron chi connectivity index (χ0n) is 10.3. The van der Waals surface area contributed by atoms with Crippen LogP contribution in [0.2, 0.25) is 0 Å². The quantitative estimate of drug-likeness (QED) is 0.813. The Bertz CT molecular complexity index is 407. The van der Waals surface area contributed by atoms with E-state index >= 15 is 0 Å². The van der Waals surface area contributed by atoms with Crippen molar-refractivity contribution in [2.24, 2.45) is 5.92 Å². The highest BCUT2D eigenvalue weighted by atomic mass is 32.1. The maximum atomic E-state index is 8.64. The Morgan fingerprint density at radius 3 is 2.94 bits per heavy atom. The van der Waals surface area contributed by atoms with Gasteiger partial charge in [0.1, 0.15) is 6.61 Å². The third-order valence-electron chi connectivity index (χ3n) is 3.22. The second-order valence-electron chi connectivity index (χ2n) is 4.72. The summed E-state index contributed by atoms with van der Waals surface area (Å²) in [4.78, 5) is 3.90. The molecule has 0 aliphatic carbocycles. The fourth-order valence-corrected chi connectivity index (χ4v) is 2.97. The van der Waals surface area contributed by atoms with Crippen LogP contribution < -0.4 is 0 Å². The second-order valence-corrected chi connectivity index (χ2v) is 5.72. The number of thiophene rings is 1. The molecule has 0 bridgehead atoms. The summed E-state index contributed by atoms with van der Waals surface area (Å²) in [6.07, 6.45) is 2.64. The lowest BCUT2D eigenvalue weighted by molar-refractivity contribution is 0.186. The topological polar surface area (TPSA) is 23.5 Å². The molecule has 0 spiro atoms. The van der Waals surface area contributed by atoms with Crippen LogP contribution in [0.15, 0.2) is 11.4 Å². The van der Waals surface area contributed by atoms with Gasteiger partial charge in [-0.05, 0) is 37.9 Å². The monoisotopic (exact) mass is 249 g/mol. The standard InChI is InChI=1S/C14H19NOS/c1-12-4-6-15(7-5-12)10-14-9-13(11-17-14)3-2-8-16/h9,11-12,16H,4-8,10H2,1H3. The molecule has 1 aliphatic heterocycles. The zero-order valence-corrected chi connectivity index (χ0v) is 11.1. The Hall–Kier alpha value is -0.820. The summed E-state index contributed by atoms with van der Waals surface area (Å²) in [7, 11) is 0. The summed E-state index contributed by atoms with van der Waals surface area (Å²) < 4.78 is 0. The summed E-state index contributed by atoms with van der Waals surface area (Å²) in [5, 5.41) is 10.7. The molecule has 0 atom stereocenters. The lowest BCUT2D eigenvalue weighted by Gasteiger charge is -2.29. The van der Waals surface area contributed by atoms with E-state index in [1.807, 2.05) is 0 Å². The van der Waals surface area contributed by atoms with Crippen molar-refractivity contribution in [3.8, 4) is 11.8 Å². The van der Waals surface area contributed by atoms with Gasteiger partial charge in [-0.1, -0.05) is 18.8 Å². The molecule has 2 rings (SSSR count). The van der Waals surface area contributed by atoms with Crippen LogP contribution in [-0.2, 0) is 6.54 Å². The number of piperidine rings is 1. The predicted octanol–water partition coefficient (Wildman–Crippen LogP) is 2.32. The predicted molar refractivity (Wildman–Crippen MR) is 72.0 cm³/mol. The molecular weight excluding hydrogens is 230 g/mol. The van der Waals surface area contributed by atoms with Gasteiger partial charge in [0.15, 0.2) is 0 Å². The van der Waals surface area contributed by atoms with Crippen LogP contribution in [0.3, 0.4) is 0 Å². The molecule has 92 valence electrons. The molecule has 2 nitrogen and oxygen atoms in total. The Kier molecular flexibility index (Phi) is 4.61. The van der Waals surface area contributed by atoms with Crippen LogP contribution in [0.1, 0.15) is 30.2 Å². The van der Waals surface area contributed by atoms with Gasteiger partial charge in [-0.25, -0.2) is 0 Å². The van der Waals surface area contributed by atoms with Crippen LogP contribution in [0.4, 0.5) is 0 Å². The summed E-state index contributed by atoms with van der Waals surface area (Å²) in [5.74, 6) is 6.53. The third-order valence-corrected chi connectivity index (χ3v) is 4.14. The first-order valence-corrected chi connectivity index (χ1v) is 7.05. The molecule has 17 heavy (non-hydrogen) atoms. The minimum absolute atomic E-state index is 0.0603. The van der Waals surface area contributed by atoms with Gasteiger partial charge >= 0.3 is 0 Å². The summed E-state index contributed by atoms with van der Waals surface area (Å²) in [6, 6.07) is 2.14. The average Bonchev–Trinajstić information content (AvgIpc) is 2.77. The van der Waals surface area contributed by atoms with E-state index in [9.17, 15) is 0 Å². The Balaban J connectivity index is 1.88. The zero-order chi connectivity index (χ0) is 12.1. The molecule has 0 amide bonds. The smallest absolute Gasteiger partial charge is 0.104 e. The number of aliphatic hydroxyl groups excluding tert-OH is 1. The highest BCUT2D eigenvalue weighted by molar-refractivity contribution is 7.10.